The molecule has 1 aliphatic heterocycles. The number of amides is 1. The average Bonchev–Trinajstić information content (AvgIpc) is 2.92. The molecule has 0 aliphatic carbocycles. The van der Waals surface area contributed by atoms with Gasteiger partial charge in [0.1, 0.15) is 11.5 Å². The fourth-order valence-corrected chi connectivity index (χ4v) is 2.27. The molecule has 1 aromatic carbocycles. The summed E-state index contributed by atoms with van der Waals surface area (Å²) in [6.45, 7) is 2.72. The van der Waals surface area contributed by atoms with Crippen molar-refractivity contribution in [2.24, 2.45) is 5.92 Å². The normalized spacial score (nSPS) is 18.3. The number of phenolic OH excluding ortho intramolecular Hbond substituents is 1. The van der Waals surface area contributed by atoms with Crippen LogP contribution in [0, 0.1) is 5.92 Å². The Morgan fingerprint density at radius 1 is 1.58 bits per heavy atom. The Hall–Kier alpha value is -1.75. The van der Waals surface area contributed by atoms with Crippen molar-refractivity contribution in [3.8, 4) is 11.5 Å². The van der Waals surface area contributed by atoms with Gasteiger partial charge in [-0.3, -0.25) is 4.79 Å². The Morgan fingerprint density at radius 3 is 3.11 bits per heavy atom. The molecule has 5 nitrogen and oxygen atoms in total. The minimum absolute atomic E-state index is 0.0270. The molecule has 1 amide bonds. The number of phenols is 1. The van der Waals surface area contributed by atoms with E-state index in [9.17, 15) is 9.90 Å². The van der Waals surface area contributed by atoms with Crippen LogP contribution in [0.4, 0.5) is 0 Å². The maximum absolute atomic E-state index is 12.0. The second kappa shape index (κ2) is 6.43. The zero-order valence-electron chi connectivity index (χ0n) is 11.1. The van der Waals surface area contributed by atoms with Crippen LogP contribution in [0.3, 0.4) is 0 Å². The standard InChI is InChI=1S/C14H20N2O3/c1-19-11-2-3-13(17)12(8-11)14(18)16-7-5-10-4-6-15-9-10/h2-3,8,10,15,17H,4-7,9H2,1H3,(H,16,18). The average molecular weight is 264 g/mol. The highest BCUT2D eigenvalue weighted by Crippen LogP contribution is 2.22. The van der Waals surface area contributed by atoms with Crippen molar-refractivity contribution in [2.75, 3.05) is 26.7 Å². The van der Waals surface area contributed by atoms with Gasteiger partial charge in [0.15, 0.2) is 0 Å². The van der Waals surface area contributed by atoms with Crippen LogP contribution in [0.25, 0.3) is 0 Å². The second-order valence-electron chi connectivity index (χ2n) is 4.79. The molecule has 1 aliphatic rings. The first-order chi connectivity index (χ1) is 9.20. The molecule has 0 spiro atoms. The Balaban J connectivity index is 1.88. The van der Waals surface area contributed by atoms with Gasteiger partial charge >= 0.3 is 0 Å². The smallest absolute Gasteiger partial charge is 0.255 e. The lowest BCUT2D eigenvalue weighted by molar-refractivity contribution is 0.0948. The molecule has 0 bridgehead atoms. The van der Waals surface area contributed by atoms with Crippen LogP contribution in [-0.4, -0.2) is 37.8 Å². The molecule has 0 aromatic heterocycles. The molecule has 0 saturated carbocycles. The quantitative estimate of drug-likeness (QED) is 0.745. The molecule has 0 radical (unpaired) electrons. The third-order valence-electron chi connectivity index (χ3n) is 3.45. The summed E-state index contributed by atoms with van der Waals surface area (Å²) in [6.07, 6.45) is 2.13. The van der Waals surface area contributed by atoms with Crippen LogP contribution in [-0.2, 0) is 0 Å². The molecule has 1 unspecified atom stereocenters. The zero-order valence-corrected chi connectivity index (χ0v) is 11.1. The lowest BCUT2D eigenvalue weighted by Crippen LogP contribution is -2.26. The van der Waals surface area contributed by atoms with E-state index < -0.39 is 0 Å². The molecule has 1 fully saturated rings. The summed E-state index contributed by atoms with van der Waals surface area (Å²) in [6, 6.07) is 4.63. The van der Waals surface area contributed by atoms with E-state index in [-0.39, 0.29) is 17.2 Å². The van der Waals surface area contributed by atoms with E-state index in [0.717, 1.165) is 19.5 Å². The number of benzene rings is 1. The molecule has 19 heavy (non-hydrogen) atoms. The van der Waals surface area contributed by atoms with Gasteiger partial charge < -0.3 is 20.5 Å². The molecule has 1 atom stereocenters. The first-order valence-corrected chi connectivity index (χ1v) is 6.56. The van der Waals surface area contributed by atoms with Crippen LogP contribution < -0.4 is 15.4 Å². The van der Waals surface area contributed by atoms with Crippen LogP contribution >= 0.6 is 0 Å². The van der Waals surface area contributed by atoms with Gasteiger partial charge in [-0.2, -0.15) is 0 Å². The van der Waals surface area contributed by atoms with Gasteiger partial charge in [0, 0.05) is 6.54 Å². The maximum atomic E-state index is 12.0. The number of nitrogens with one attached hydrogen (secondary N) is 2. The summed E-state index contributed by atoms with van der Waals surface area (Å²) in [7, 11) is 1.53. The number of rotatable bonds is 5. The van der Waals surface area contributed by atoms with E-state index in [1.54, 1.807) is 12.1 Å². The van der Waals surface area contributed by atoms with Crippen LogP contribution in [0.15, 0.2) is 18.2 Å². The van der Waals surface area contributed by atoms with Gasteiger partial charge in [0.25, 0.3) is 5.91 Å². The molecule has 1 aromatic rings. The Kier molecular flexibility index (Phi) is 4.63. The van der Waals surface area contributed by atoms with Gasteiger partial charge in [-0.05, 0) is 50.0 Å². The monoisotopic (exact) mass is 264 g/mol. The molecular formula is C14H20N2O3. The van der Waals surface area contributed by atoms with Crippen LogP contribution in [0.1, 0.15) is 23.2 Å². The number of methoxy groups -OCH3 is 1. The van der Waals surface area contributed by atoms with Gasteiger partial charge in [-0.25, -0.2) is 0 Å². The Bertz CT molecular complexity index is 442. The fraction of sp³-hybridized carbons (Fsp3) is 0.500. The van der Waals surface area contributed by atoms with E-state index in [2.05, 4.69) is 10.6 Å². The van der Waals surface area contributed by atoms with Crippen molar-refractivity contribution < 1.29 is 14.6 Å². The largest absolute Gasteiger partial charge is 0.507 e. The van der Waals surface area contributed by atoms with Crippen LogP contribution in [0.5, 0.6) is 11.5 Å². The third kappa shape index (κ3) is 3.61. The van der Waals surface area contributed by atoms with E-state index in [1.807, 2.05) is 0 Å². The van der Waals surface area contributed by atoms with Crippen molar-refractivity contribution in [1.29, 1.82) is 0 Å². The first-order valence-electron chi connectivity index (χ1n) is 6.56. The highest BCUT2D eigenvalue weighted by Gasteiger charge is 2.16. The van der Waals surface area contributed by atoms with Gasteiger partial charge in [-0.15, -0.1) is 0 Å². The molecular weight excluding hydrogens is 244 g/mol. The summed E-state index contributed by atoms with van der Waals surface area (Å²) in [5.74, 6) is 0.908. The van der Waals surface area contributed by atoms with Crippen molar-refractivity contribution in [3.63, 3.8) is 0 Å². The summed E-state index contributed by atoms with van der Waals surface area (Å²) in [4.78, 5) is 12.0. The number of hydrogen-bond donors (Lipinski definition) is 3. The molecule has 1 heterocycles. The van der Waals surface area contributed by atoms with Crippen LogP contribution in [0.2, 0.25) is 0 Å². The van der Waals surface area contributed by atoms with E-state index in [0.29, 0.717) is 18.2 Å². The van der Waals surface area contributed by atoms with Crippen molar-refractivity contribution in [1.82, 2.24) is 10.6 Å². The van der Waals surface area contributed by atoms with E-state index in [4.69, 9.17) is 4.74 Å². The summed E-state index contributed by atoms with van der Waals surface area (Å²) in [5.41, 5.74) is 0.254. The van der Waals surface area contributed by atoms with Crippen molar-refractivity contribution >= 4 is 5.91 Å². The van der Waals surface area contributed by atoms with E-state index in [1.165, 1.54) is 19.6 Å². The third-order valence-corrected chi connectivity index (χ3v) is 3.45. The molecule has 5 heteroatoms. The fourth-order valence-electron chi connectivity index (χ4n) is 2.27. The van der Waals surface area contributed by atoms with Crippen molar-refractivity contribution in [3.05, 3.63) is 23.8 Å². The maximum Gasteiger partial charge on any atom is 0.255 e. The number of hydrogen-bond acceptors (Lipinski definition) is 4. The first kappa shape index (κ1) is 13.7. The number of ether oxygens (including phenoxy) is 1. The number of aromatic hydroxyl groups is 1. The molecule has 104 valence electrons. The summed E-state index contributed by atoms with van der Waals surface area (Å²) >= 11 is 0. The van der Waals surface area contributed by atoms with E-state index >= 15 is 0 Å². The Morgan fingerprint density at radius 2 is 2.42 bits per heavy atom. The van der Waals surface area contributed by atoms with Gasteiger partial charge in [0.2, 0.25) is 0 Å². The van der Waals surface area contributed by atoms with Gasteiger partial charge in [0.05, 0.1) is 12.7 Å². The lowest BCUT2D eigenvalue weighted by atomic mass is 10.1. The summed E-state index contributed by atoms with van der Waals surface area (Å²) in [5, 5.41) is 15.8. The molecule has 2 rings (SSSR count). The second-order valence-corrected chi connectivity index (χ2v) is 4.79. The number of carbonyl (C=O) groups excluding carboxylic acids is 1. The predicted molar refractivity (Wildman–Crippen MR) is 72.6 cm³/mol. The number of carbonyl (C=O) groups is 1. The predicted octanol–water partition coefficient (Wildman–Crippen LogP) is 1.13. The molecule has 3 N–H and O–H groups in total. The minimum Gasteiger partial charge on any atom is -0.507 e. The lowest BCUT2D eigenvalue weighted by Gasteiger charge is -2.11. The Labute approximate surface area is 113 Å². The topological polar surface area (TPSA) is 70.6 Å². The molecule has 1 saturated heterocycles. The highest BCUT2D eigenvalue weighted by molar-refractivity contribution is 5.97. The zero-order chi connectivity index (χ0) is 13.7. The summed E-state index contributed by atoms with van der Waals surface area (Å²) < 4.78 is 5.05. The highest BCUT2D eigenvalue weighted by atomic mass is 16.5. The van der Waals surface area contributed by atoms with Gasteiger partial charge in [-0.1, -0.05) is 0 Å². The SMILES string of the molecule is COc1ccc(O)c(C(=O)NCCC2CCNC2)c1. The van der Waals surface area contributed by atoms with Crippen molar-refractivity contribution in [2.45, 2.75) is 12.8 Å². The minimum atomic E-state index is -0.262.